The van der Waals surface area contributed by atoms with Gasteiger partial charge in [0.1, 0.15) is 5.69 Å². The molecule has 1 aromatic carbocycles. The molecule has 0 radical (unpaired) electrons. The number of amides is 1. The van der Waals surface area contributed by atoms with Crippen LogP contribution < -0.4 is 5.32 Å². The fourth-order valence-electron chi connectivity index (χ4n) is 1.53. The van der Waals surface area contributed by atoms with E-state index in [0.29, 0.717) is 18.7 Å². The molecule has 0 aliphatic rings. The Hall–Kier alpha value is -2.34. The minimum atomic E-state index is -0.189. The van der Waals surface area contributed by atoms with Gasteiger partial charge in [-0.05, 0) is 12.1 Å². The Labute approximate surface area is 99.9 Å². The monoisotopic (exact) mass is 224 g/mol. The van der Waals surface area contributed by atoms with E-state index in [2.05, 4.69) is 16.2 Å². The molecule has 2 aromatic rings. The van der Waals surface area contributed by atoms with Gasteiger partial charge in [0.05, 0.1) is 5.52 Å². The van der Waals surface area contributed by atoms with Gasteiger partial charge < -0.3 is 5.32 Å². The van der Waals surface area contributed by atoms with Crippen molar-refractivity contribution in [1.29, 1.82) is 0 Å². The number of para-hydroxylation sites is 1. The molecule has 1 N–H and O–H groups in total. The van der Waals surface area contributed by atoms with Crippen LogP contribution in [0.2, 0.25) is 0 Å². The first-order chi connectivity index (χ1) is 8.31. The minimum Gasteiger partial charge on any atom is -0.350 e. The third-order valence-corrected chi connectivity index (χ3v) is 2.39. The molecule has 0 spiro atoms. The fraction of sp³-hybridized carbons (Fsp3) is 0.143. The summed E-state index contributed by atoms with van der Waals surface area (Å²) in [5.41, 5.74) is 1.23. The topological polar surface area (TPSA) is 42.0 Å². The quantitative estimate of drug-likeness (QED) is 0.640. The van der Waals surface area contributed by atoms with Crippen LogP contribution in [0.4, 0.5) is 0 Å². The number of fused-ring (bicyclic) bond motifs is 1. The molecule has 3 heteroatoms. The Kier molecular flexibility index (Phi) is 3.37. The van der Waals surface area contributed by atoms with Crippen molar-refractivity contribution in [3.63, 3.8) is 0 Å². The molecule has 0 unspecified atom stereocenters. The summed E-state index contributed by atoms with van der Waals surface area (Å²) >= 11 is 0. The zero-order valence-electron chi connectivity index (χ0n) is 9.31. The highest BCUT2D eigenvalue weighted by atomic mass is 16.1. The van der Waals surface area contributed by atoms with Crippen LogP contribution >= 0.6 is 0 Å². The van der Waals surface area contributed by atoms with Gasteiger partial charge in [0.15, 0.2) is 0 Å². The van der Waals surface area contributed by atoms with Crippen molar-refractivity contribution in [3.8, 4) is 12.3 Å². The molecule has 84 valence electrons. The molecular weight excluding hydrogens is 212 g/mol. The Bertz CT molecular complexity index is 584. The Morgan fingerprint density at radius 3 is 2.94 bits per heavy atom. The SMILES string of the molecule is C#CCCNC(=O)c1ccc2ccccc2n1. The van der Waals surface area contributed by atoms with Crippen LogP contribution in [0.1, 0.15) is 16.9 Å². The van der Waals surface area contributed by atoms with E-state index >= 15 is 0 Å². The maximum Gasteiger partial charge on any atom is 0.269 e. The van der Waals surface area contributed by atoms with E-state index in [9.17, 15) is 4.79 Å². The highest BCUT2D eigenvalue weighted by Crippen LogP contribution is 2.11. The van der Waals surface area contributed by atoms with E-state index in [1.807, 2.05) is 30.3 Å². The lowest BCUT2D eigenvalue weighted by Crippen LogP contribution is -2.25. The number of carbonyl (C=O) groups is 1. The average Bonchev–Trinajstić information content (AvgIpc) is 2.38. The molecule has 0 fully saturated rings. The normalized spacial score (nSPS) is 9.82. The molecule has 0 saturated heterocycles. The van der Waals surface area contributed by atoms with Crippen molar-refractivity contribution < 1.29 is 4.79 Å². The number of carbonyl (C=O) groups excluding carboxylic acids is 1. The van der Waals surface area contributed by atoms with Gasteiger partial charge in [-0.15, -0.1) is 12.3 Å². The van der Waals surface area contributed by atoms with Gasteiger partial charge in [-0.2, -0.15) is 0 Å². The number of rotatable bonds is 3. The maximum absolute atomic E-state index is 11.7. The molecule has 1 amide bonds. The van der Waals surface area contributed by atoms with Crippen LogP contribution in [0, 0.1) is 12.3 Å². The molecule has 0 aliphatic heterocycles. The predicted molar refractivity (Wildman–Crippen MR) is 67.5 cm³/mol. The number of aromatic nitrogens is 1. The highest BCUT2D eigenvalue weighted by Gasteiger charge is 2.06. The summed E-state index contributed by atoms with van der Waals surface area (Å²) in [4.78, 5) is 16.0. The predicted octanol–water partition coefficient (Wildman–Crippen LogP) is 1.99. The summed E-state index contributed by atoms with van der Waals surface area (Å²) in [7, 11) is 0. The number of hydrogen-bond donors (Lipinski definition) is 1. The summed E-state index contributed by atoms with van der Waals surface area (Å²) in [5.74, 6) is 2.28. The molecule has 17 heavy (non-hydrogen) atoms. The van der Waals surface area contributed by atoms with Crippen LogP contribution in [0.15, 0.2) is 36.4 Å². The van der Waals surface area contributed by atoms with Crippen LogP contribution in [0.5, 0.6) is 0 Å². The van der Waals surface area contributed by atoms with Gasteiger partial charge in [-0.25, -0.2) is 4.98 Å². The zero-order chi connectivity index (χ0) is 12.1. The minimum absolute atomic E-state index is 0.189. The first-order valence-electron chi connectivity index (χ1n) is 5.39. The van der Waals surface area contributed by atoms with Gasteiger partial charge in [0.25, 0.3) is 5.91 Å². The van der Waals surface area contributed by atoms with Crippen LogP contribution in [0.25, 0.3) is 10.9 Å². The lowest BCUT2D eigenvalue weighted by molar-refractivity contribution is 0.0950. The number of benzene rings is 1. The number of pyridine rings is 1. The van der Waals surface area contributed by atoms with Crippen LogP contribution in [-0.4, -0.2) is 17.4 Å². The van der Waals surface area contributed by atoms with Gasteiger partial charge in [0.2, 0.25) is 0 Å². The lowest BCUT2D eigenvalue weighted by Gasteiger charge is -2.03. The molecule has 0 bridgehead atoms. The number of nitrogens with zero attached hydrogens (tertiary/aromatic N) is 1. The summed E-state index contributed by atoms with van der Waals surface area (Å²) < 4.78 is 0. The van der Waals surface area contributed by atoms with Gasteiger partial charge in [-0.3, -0.25) is 4.79 Å². The molecule has 3 nitrogen and oxygen atoms in total. The van der Waals surface area contributed by atoms with E-state index in [4.69, 9.17) is 6.42 Å². The number of hydrogen-bond acceptors (Lipinski definition) is 2. The molecular formula is C14H12N2O. The number of terminal acetylenes is 1. The van der Waals surface area contributed by atoms with Gasteiger partial charge in [-0.1, -0.05) is 24.3 Å². The molecule has 2 rings (SSSR count). The third kappa shape index (κ3) is 2.61. The van der Waals surface area contributed by atoms with Crippen molar-refractivity contribution in [3.05, 3.63) is 42.1 Å². The second-order valence-electron chi connectivity index (χ2n) is 3.60. The second-order valence-corrected chi connectivity index (χ2v) is 3.60. The van der Waals surface area contributed by atoms with Crippen molar-refractivity contribution in [2.24, 2.45) is 0 Å². The summed E-state index contributed by atoms with van der Waals surface area (Å²) in [6.45, 7) is 0.476. The highest BCUT2D eigenvalue weighted by molar-refractivity contribution is 5.94. The molecule has 1 heterocycles. The van der Waals surface area contributed by atoms with Gasteiger partial charge in [0, 0.05) is 18.4 Å². The number of nitrogens with one attached hydrogen (secondary N) is 1. The Balaban J connectivity index is 2.19. The smallest absolute Gasteiger partial charge is 0.269 e. The first-order valence-corrected chi connectivity index (χ1v) is 5.39. The van der Waals surface area contributed by atoms with E-state index in [1.165, 1.54) is 0 Å². The summed E-state index contributed by atoms with van der Waals surface area (Å²) in [6, 6.07) is 11.3. The molecule has 0 aliphatic carbocycles. The van der Waals surface area contributed by atoms with E-state index in [0.717, 1.165) is 10.9 Å². The lowest BCUT2D eigenvalue weighted by atomic mass is 10.2. The third-order valence-electron chi connectivity index (χ3n) is 2.39. The molecule has 1 aromatic heterocycles. The van der Waals surface area contributed by atoms with Crippen molar-refractivity contribution in [2.45, 2.75) is 6.42 Å². The van der Waals surface area contributed by atoms with Crippen molar-refractivity contribution in [2.75, 3.05) is 6.54 Å². The standard InChI is InChI=1S/C14H12N2O/c1-2-3-10-15-14(17)13-9-8-11-6-4-5-7-12(11)16-13/h1,4-9H,3,10H2,(H,15,17). The largest absolute Gasteiger partial charge is 0.350 e. The van der Waals surface area contributed by atoms with E-state index in [-0.39, 0.29) is 5.91 Å². The zero-order valence-corrected chi connectivity index (χ0v) is 9.31. The van der Waals surface area contributed by atoms with Gasteiger partial charge >= 0.3 is 0 Å². The molecule has 0 saturated carbocycles. The average molecular weight is 224 g/mol. The van der Waals surface area contributed by atoms with E-state index in [1.54, 1.807) is 6.07 Å². The first kappa shape index (κ1) is 11.2. The summed E-state index contributed by atoms with van der Waals surface area (Å²) in [5, 5.41) is 3.74. The second kappa shape index (κ2) is 5.13. The fourth-order valence-corrected chi connectivity index (χ4v) is 1.53. The maximum atomic E-state index is 11.7. The van der Waals surface area contributed by atoms with Crippen molar-refractivity contribution in [1.82, 2.24) is 10.3 Å². The Morgan fingerprint density at radius 1 is 1.29 bits per heavy atom. The Morgan fingerprint density at radius 2 is 2.12 bits per heavy atom. The van der Waals surface area contributed by atoms with Crippen LogP contribution in [-0.2, 0) is 0 Å². The van der Waals surface area contributed by atoms with E-state index < -0.39 is 0 Å². The van der Waals surface area contributed by atoms with Crippen molar-refractivity contribution >= 4 is 16.8 Å². The van der Waals surface area contributed by atoms with Crippen LogP contribution in [0.3, 0.4) is 0 Å². The molecule has 0 atom stereocenters. The summed E-state index contributed by atoms with van der Waals surface area (Å²) in [6.07, 6.45) is 5.64.